The van der Waals surface area contributed by atoms with Gasteiger partial charge in [-0.15, -0.1) is 0 Å². The summed E-state index contributed by atoms with van der Waals surface area (Å²) in [5, 5.41) is 2.61. The molecule has 0 spiro atoms. The lowest BCUT2D eigenvalue weighted by Gasteiger charge is -2.19. The third-order valence-corrected chi connectivity index (χ3v) is 3.03. The molecule has 1 rings (SSSR count). The van der Waals surface area contributed by atoms with E-state index in [2.05, 4.69) is 5.32 Å². The Kier molecular flexibility index (Phi) is 6.62. The second kappa shape index (κ2) is 8.21. The summed E-state index contributed by atoms with van der Waals surface area (Å²) in [5.74, 6) is -0.228. The van der Waals surface area contributed by atoms with Gasteiger partial charge in [-0.3, -0.25) is 9.59 Å². The van der Waals surface area contributed by atoms with E-state index < -0.39 is 18.5 Å². The molecule has 0 saturated carbocycles. The highest BCUT2D eigenvalue weighted by atomic mass is 16.5. The normalized spacial score (nSPS) is 10.2. The van der Waals surface area contributed by atoms with Gasteiger partial charge in [0.1, 0.15) is 17.1 Å². The molecule has 7 nitrogen and oxygen atoms in total. The third kappa shape index (κ3) is 4.91. The Morgan fingerprint density at radius 3 is 2.45 bits per heavy atom. The van der Waals surface area contributed by atoms with Gasteiger partial charge in [-0.2, -0.15) is 0 Å². The van der Waals surface area contributed by atoms with E-state index in [4.69, 9.17) is 9.15 Å². The van der Waals surface area contributed by atoms with Crippen LogP contribution in [0.3, 0.4) is 0 Å². The molecular weight excluding hydrogens is 288 g/mol. The molecule has 0 aliphatic heterocycles. The molecule has 0 unspecified atom stereocenters. The van der Waals surface area contributed by atoms with Gasteiger partial charge >= 0.3 is 5.97 Å². The van der Waals surface area contributed by atoms with Crippen LogP contribution in [0.4, 0.5) is 0 Å². The molecule has 0 atom stereocenters. The Balaban J connectivity index is 2.54. The first-order chi connectivity index (χ1) is 10.4. The van der Waals surface area contributed by atoms with Crippen LogP contribution in [0, 0.1) is 13.8 Å². The number of carbonyl (C=O) groups is 3. The Hall–Kier alpha value is -2.31. The molecule has 7 heteroatoms. The van der Waals surface area contributed by atoms with E-state index in [9.17, 15) is 14.4 Å². The van der Waals surface area contributed by atoms with Crippen LogP contribution in [0.15, 0.2) is 10.5 Å². The van der Waals surface area contributed by atoms with Crippen LogP contribution in [0.2, 0.25) is 0 Å². The van der Waals surface area contributed by atoms with Crippen molar-refractivity contribution in [1.29, 1.82) is 0 Å². The SMILES string of the molecule is CCNC(=O)CN(CC)C(=O)COC(=O)c1cc(C)oc1C. The number of esters is 1. The number of hydrogen-bond acceptors (Lipinski definition) is 5. The number of rotatable bonds is 7. The van der Waals surface area contributed by atoms with Crippen LogP contribution in [-0.2, 0) is 14.3 Å². The van der Waals surface area contributed by atoms with Crippen molar-refractivity contribution in [2.45, 2.75) is 27.7 Å². The van der Waals surface area contributed by atoms with Gasteiger partial charge in [-0.25, -0.2) is 4.79 Å². The number of nitrogens with zero attached hydrogens (tertiary/aromatic N) is 1. The van der Waals surface area contributed by atoms with E-state index >= 15 is 0 Å². The Morgan fingerprint density at radius 2 is 1.95 bits per heavy atom. The van der Waals surface area contributed by atoms with Crippen molar-refractivity contribution in [3.63, 3.8) is 0 Å². The third-order valence-electron chi connectivity index (χ3n) is 3.03. The molecule has 1 aromatic rings. The number of aryl methyl sites for hydroxylation is 2. The van der Waals surface area contributed by atoms with Crippen LogP contribution < -0.4 is 5.32 Å². The zero-order valence-electron chi connectivity index (χ0n) is 13.4. The fourth-order valence-corrected chi connectivity index (χ4v) is 1.93. The maximum atomic E-state index is 12.0. The van der Waals surface area contributed by atoms with Crippen molar-refractivity contribution < 1.29 is 23.5 Å². The summed E-state index contributed by atoms with van der Waals surface area (Å²) in [7, 11) is 0. The largest absolute Gasteiger partial charge is 0.466 e. The molecule has 0 aliphatic rings. The quantitative estimate of drug-likeness (QED) is 0.760. The van der Waals surface area contributed by atoms with Crippen LogP contribution in [0.1, 0.15) is 35.7 Å². The highest BCUT2D eigenvalue weighted by Gasteiger charge is 2.19. The molecule has 1 aromatic heterocycles. The van der Waals surface area contributed by atoms with Crippen LogP contribution in [0.5, 0.6) is 0 Å². The number of likely N-dealkylation sites (N-methyl/N-ethyl adjacent to an activating group) is 2. The average Bonchev–Trinajstić information content (AvgIpc) is 2.81. The van der Waals surface area contributed by atoms with Crippen molar-refractivity contribution in [3.8, 4) is 0 Å². The number of carbonyl (C=O) groups excluding carboxylic acids is 3. The van der Waals surface area contributed by atoms with E-state index in [1.807, 2.05) is 0 Å². The first-order valence-corrected chi connectivity index (χ1v) is 7.17. The molecule has 0 saturated heterocycles. The Morgan fingerprint density at radius 1 is 1.27 bits per heavy atom. The van der Waals surface area contributed by atoms with Crippen LogP contribution >= 0.6 is 0 Å². The van der Waals surface area contributed by atoms with Gasteiger partial charge < -0.3 is 19.4 Å². The highest BCUT2D eigenvalue weighted by Crippen LogP contribution is 2.14. The summed E-state index contributed by atoms with van der Waals surface area (Å²) in [6, 6.07) is 1.56. The topological polar surface area (TPSA) is 88.9 Å². The molecule has 0 bridgehead atoms. The van der Waals surface area contributed by atoms with Gasteiger partial charge in [-0.1, -0.05) is 0 Å². The lowest BCUT2D eigenvalue weighted by molar-refractivity contribution is -0.138. The van der Waals surface area contributed by atoms with Crippen molar-refractivity contribution >= 4 is 17.8 Å². The Labute approximate surface area is 129 Å². The first-order valence-electron chi connectivity index (χ1n) is 7.17. The molecule has 0 aromatic carbocycles. The summed E-state index contributed by atoms with van der Waals surface area (Å²) < 4.78 is 10.2. The molecule has 122 valence electrons. The van der Waals surface area contributed by atoms with Gasteiger partial charge in [0.05, 0.1) is 6.54 Å². The highest BCUT2D eigenvalue weighted by molar-refractivity contribution is 5.92. The van der Waals surface area contributed by atoms with E-state index in [0.717, 1.165) is 0 Å². The zero-order valence-corrected chi connectivity index (χ0v) is 13.4. The predicted molar refractivity (Wildman–Crippen MR) is 79.4 cm³/mol. The summed E-state index contributed by atoms with van der Waals surface area (Å²) in [6.07, 6.45) is 0. The average molecular weight is 310 g/mol. The van der Waals surface area contributed by atoms with Gasteiger partial charge in [0.2, 0.25) is 5.91 Å². The minimum absolute atomic E-state index is 0.0510. The predicted octanol–water partition coefficient (Wildman–Crippen LogP) is 1.04. The van der Waals surface area contributed by atoms with Crippen molar-refractivity contribution in [2.75, 3.05) is 26.2 Å². The van der Waals surface area contributed by atoms with Crippen molar-refractivity contribution in [1.82, 2.24) is 10.2 Å². The minimum atomic E-state index is -0.614. The fourth-order valence-electron chi connectivity index (χ4n) is 1.93. The van der Waals surface area contributed by atoms with Crippen molar-refractivity contribution in [3.05, 3.63) is 23.2 Å². The van der Waals surface area contributed by atoms with Crippen LogP contribution in [-0.4, -0.2) is 48.9 Å². The summed E-state index contributed by atoms with van der Waals surface area (Å²) in [5.41, 5.74) is 0.303. The molecule has 0 radical (unpaired) electrons. The second-order valence-electron chi connectivity index (χ2n) is 4.76. The van der Waals surface area contributed by atoms with Gasteiger partial charge in [0, 0.05) is 13.1 Å². The van der Waals surface area contributed by atoms with Gasteiger partial charge in [0.15, 0.2) is 6.61 Å². The smallest absolute Gasteiger partial charge is 0.342 e. The molecular formula is C15H22N2O5. The van der Waals surface area contributed by atoms with E-state index in [1.54, 1.807) is 33.8 Å². The molecule has 0 fully saturated rings. The van der Waals surface area contributed by atoms with Crippen LogP contribution in [0.25, 0.3) is 0 Å². The molecule has 2 amide bonds. The van der Waals surface area contributed by atoms with Gasteiger partial charge in [0.25, 0.3) is 5.91 Å². The molecule has 1 N–H and O–H groups in total. The van der Waals surface area contributed by atoms with E-state index in [1.165, 1.54) is 4.90 Å². The molecule has 22 heavy (non-hydrogen) atoms. The van der Waals surface area contributed by atoms with Crippen molar-refractivity contribution in [2.24, 2.45) is 0 Å². The van der Waals surface area contributed by atoms with E-state index in [-0.39, 0.29) is 12.5 Å². The number of amides is 2. The number of furan rings is 1. The molecule has 1 heterocycles. The second-order valence-corrected chi connectivity index (χ2v) is 4.76. The summed E-state index contributed by atoms with van der Waals surface area (Å²) >= 11 is 0. The summed E-state index contributed by atoms with van der Waals surface area (Å²) in [4.78, 5) is 36.7. The minimum Gasteiger partial charge on any atom is -0.466 e. The van der Waals surface area contributed by atoms with Gasteiger partial charge in [-0.05, 0) is 33.8 Å². The number of ether oxygens (including phenoxy) is 1. The maximum absolute atomic E-state index is 12.0. The monoisotopic (exact) mass is 310 g/mol. The lowest BCUT2D eigenvalue weighted by Crippen LogP contribution is -2.42. The fraction of sp³-hybridized carbons (Fsp3) is 0.533. The standard InChI is InChI=1S/C15H22N2O5/c1-5-16-13(18)8-17(6-2)14(19)9-21-15(20)12-7-10(3)22-11(12)4/h7H,5-6,8-9H2,1-4H3,(H,16,18). The lowest BCUT2D eigenvalue weighted by atomic mass is 10.2. The summed E-state index contributed by atoms with van der Waals surface area (Å²) in [6.45, 7) is 7.32. The van der Waals surface area contributed by atoms with E-state index in [0.29, 0.717) is 30.2 Å². The Bertz CT molecular complexity index is 550. The number of nitrogens with one attached hydrogen (secondary N) is 1. The first kappa shape index (κ1) is 17.7. The molecule has 0 aliphatic carbocycles. The zero-order chi connectivity index (χ0) is 16.7. The maximum Gasteiger partial charge on any atom is 0.342 e. The number of hydrogen-bond donors (Lipinski definition) is 1.